The molecule has 1 aliphatic heterocycles. The zero-order chi connectivity index (χ0) is 13.0. The maximum atomic E-state index is 12.6. The average Bonchev–Trinajstić information content (AvgIpc) is 2.82. The summed E-state index contributed by atoms with van der Waals surface area (Å²) in [4.78, 5) is 16.5. The van der Waals surface area contributed by atoms with Gasteiger partial charge in [0.05, 0.1) is 5.02 Å². The van der Waals surface area contributed by atoms with Crippen LogP contribution in [-0.2, 0) is 11.2 Å². The summed E-state index contributed by atoms with van der Waals surface area (Å²) >= 11 is 6.07. The molecule has 1 aromatic heterocycles. The number of aromatic nitrogens is 1. The lowest BCUT2D eigenvalue weighted by Gasteiger charge is -2.26. The second-order valence-electron chi connectivity index (χ2n) is 5.02. The van der Waals surface area contributed by atoms with Crippen LogP contribution in [0.3, 0.4) is 0 Å². The lowest BCUT2D eigenvalue weighted by atomic mass is 9.76. The van der Waals surface area contributed by atoms with Crippen molar-refractivity contribution in [2.75, 3.05) is 13.1 Å². The van der Waals surface area contributed by atoms with Gasteiger partial charge in [0.2, 0.25) is 0 Å². The number of rotatable bonds is 5. The molecule has 3 nitrogen and oxygen atoms in total. The van der Waals surface area contributed by atoms with Gasteiger partial charge in [0.15, 0.2) is 0 Å². The number of halogens is 1. The number of Topliss-reactive ketones (excluding diaryl/α,β-unsaturated/α-hetero) is 1. The Bertz CT molecular complexity index is 428. The van der Waals surface area contributed by atoms with Crippen molar-refractivity contribution in [1.29, 1.82) is 0 Å². The Morgan fingerprint density at radius 3 is 3.06 bits per heavy atom. The number of ketones is 1. The second kappa shape index (κ2) is 5.81. The van der Waals surface area contributed by atoms with Crippen molar-refractivity contribution in [2.24, 2.45) is 5.41 Å². The van der Waals surface area contributed by atoms with Crippen LogP contribution in [0.15, 0.2) is 18.5 Å². The maximum Gasteiger partial charge on any atom is 0.144 e. The van der Waals surface area contributed by atoms with E-state index in [-0.39, 0.29) is 5.41 Å². The molecule has 0 amide bonds. The third-order valence-electron chi connectivity index (χ3n) is 3.77. The minimum absolute atomic E-state index is 0.179. The van der Waals surface area contributed by atoms with Gasteiger partial charge in [-0.3, -0.25) is 9.78 Å². The van der Waals surface area contributed by atoms with Gasteiger partial charge in [0, 0.05) is 30.8 Å². The average molecular weight is 267 g/mol. The van der Waals surface area contributed by atoms with Gasteiger partial charge in [-0.05, 0) is 31.0 Å². The number of hydrogen-bond donors (Lipinski definition) is 1. The van der Waals surface area contributed by atoms with Gasteiger partial charge in [-0.2, -0.15) is 0 Å². The summed E-state index contributed by atoms with van der Waals surface area (Å²) in [5.74, 6) is 0.308. The quantitative estimate of drug-likeness (QED) is 0.891. The highest BCUT2D eigenvalue weighted by molar-refractivity contribution is 6.31. The molecule has 1 atom stereocenters. The van der Waals surface area contributed by atoms with Crippen molar-refractivity contribution in [2.45, 2.75) is 32.6 Å². The molecular weight excluding hydrogens is 248 g/mol. The SMILES string of the molecule is CCCC1(C(=O)Cc2ccncc2Cl)CCNC1. The normalized spacial score (nSPS) is 23.2. The number of nitrogens with one attached hydrogen (secondary N) is 1. The summed E-state index contributed by atoms with van der Waals surface area (Å²) in [7, 11) is 0. The number of hydrogen-bond acceptors (Lipinski definition) is 3. The zero-order valence-electron chi connectivity index (χ0n) is 10.7. The zero-order valence-corrected chi connectivity index (χ0v) is 11.5. The van der Waals surface area contributed by atoms with E-state index in [0.717, 1.165) is 37.9 Å². The molecule has 0 aliphatic carbocycles. The Morgan fingerprint density at radius 2 is 2.44 bits per heavy atom. The van der Waals surface area contributed by atoms with E-state index in [1.165, 1.54) is 0 Å². The third kappa shape index (κ3) is 2.73. The Balaban J connectivity index is 2.13. The molecule has 4 heteroatoms. The second-order valence-corrected chi connectivity index (χ2v) is 5.43. The first-order chi connectivity index (χ1) is 8.68. The molecule has 1 fully saturated rings. The van der Waals surface area contributed by atoms with E-state index in [1.807, 2.05) is 6.07 Å². The molecule has 18 heavy (non-hydrogen) atoms. The van der Waals surface area contributed by atoms with Crippen molar-refractivity contribution in [3.8, 4) is 0 Å². The first-order valence-corrected chi connectivity index (χ1v) is 6.88. The van der Waals surface area contributed by atoms with E-state index in [4.69, 9.17) is 11.6 Å². The summed E-state index contributed by atoms with van der Waals surface area (Å²) < 4.78 is 0. The van der Waals surface area contributed by atoms with Crippen LogP contribution in [0.5, 0.6) is 0 Å². The van der Waals surface area contributed by atoms with Crippen LogP contribution in [0.2, 0.25) is 5.02 Å². The molecular formula is C14H19ClN2O. The maximum absolute atomic E-state index is 12.6. The van der Waals surface area contributed by atoms with Gasteiger partial charge in [-0.25, -0.2) is 0 Å². The summed E-state index contributed by atoms with van der Waals surface area (Å²) in [5, 5.41) is 3.90. The lowest BCUT2D eigenvalue weighted by molar-refractivity contribution is -0.127. The molecule has 1 saturated heterocycles. The largest absolute Gasteiger partial charge is 0.316 e. The molecule has 0 radical (unpaired) electrons. The number of carbonyl (C=O) groups is 1. The fourth-order valence-electron chi connectivity index (χ4n) is 2.72. The Hall–Kier alpha value is -0.930. The Morgan fingerprint density at radius 1 is 1.61 bits per heavy atom. The van der Waals surface area contributed by atoms with Crippen LogP contribution < -0.4 is 5.32 Å². The Kier molecular flexibility index (Phi) is 4.36. The monoisotopic (exact) mass is 266 g/mol. The van der Waals surface area contributed by atoms with Crippen molar-refractivity contribution >= 4 is 17.4 Å². The molecule has 2 rings (SSSR count). The smallest absolute Gasteiger partial charge is 0.144 e. The molecule has 0 spiro atoms. The molecule has 0 aromatic carbocycles. The van der Waals surface area contributed by atoms with E-state index < -0.39 is 0 Å². The fourth-order valence-corrected chi connectivity index (χ4v) is 2.91. The van der Waals surface area contributed by atoms with Gasteiger partial charge in [0.1, 0.15) is 5.78 Å². The van der Waals surface area contributed by atoms with Crippen molar-refractivity contribution in [1.82, 2.24) is 10.3 Å². The highest BCUT2D eigenvalue weighted by Gasteiger charge is 2.39. The van der Waals surface area contributed by atoms with Gasteiger partial charge in [0.25, 0.3) is 0 Å². The van der Waals surface area contributed by atoms with E-state index >= 15 is 0 Å². The molecule has 0 bridgehead atoms. The molecule has 1 aliphatic rings. The third-order valence-corrected chi connectivity index (χ3v) is 4.11. The minimum atomic E-state index is -0.179. The number of pyridine rings is 1. The van der Waals surface area contributed by atoms with Crippen LogP contribution in [0.4, 0.5) is 0 Å². The van der Waals surface area contributed by atoms with Gasteiger partial charge < -0.3 is 5.32 Å². The molecule has 1 unspecified atom stereocenters. The van der Waals surface area contributed by atoms with Gasteiger partial charge in [-0.1, -0.05) is 24.9 Å². The van der Waals surface area contributed by atoms with Crippen LogP contribution in [-0.4, -0.2) is 23.9 Å². The van der Waals surface area contributed by atoms with Crippen molar-refractivity contribution in [3.05, 3.63) is 29.0 Å². The van der Waals surface area contributed by atoms with Crippen LogP contribution in [0.25, 0.3) is 0 Å². The highest BCUT2D eigenvalue weighted by atomic mass is 35.5. The number of nitrogens with zero attached hydrogens (tertiary/aromatic N) is 1. The van der Waals surface area contributed by atoms with Crippen molar-refractivity contribution < 1.29 is 4.79 Å². The predicted octanol–water partition coefficient (Wildman–Crippen LogP) is 2.63. The first kappa shape index (κ1) is 13.5. The standard InChI is InChI=1S/C14H19ClN2O/c1-2-4-14(5-7-17-10-14)13(18)8-11-3-6-16-9-12(11)15/h3,6,9,17H,2,4-5,7-8,10H2,1H3. The van der Waals surface area contributed by atoms with E-state index in [0.29, 0.717) is 17.2 Å². The summed E-state index contributed by atoms with van der Waals surface area (Å²) in [5.41, 5.74) is 0.709. The molecule has 98 valence electrons. The summed E-state index contributed by atoms with van der Waals surface area (Å²) in [6.07, 6.45) is 6.65. The lowest BCUT2D eigenvalue weighted by Crippen LogP contribution is -2.34. The molecule has 1 aromatic rings. The van der Waals surface area contributed by atoms with Gasteiger partial charge >= 0.3 is 0 Å². The van der Waals surface area contributed by atoms with Crippen LogP contribution >= 0.6 is 11.6 Å². The fraction of sp³-hybridized carbons (Fsp3) is 0.571. The number of carbonyl (C=O) groups excluding carboxylic acids is 1. The summed E-state index contributed by atoms with van der Waals surface area (Å²) in [6, 6.07) is 1.84. The van der Waals surface area contributed by atoms with E-state index in [2.05, 4.69) is 17.2 Å². The van der Waals surface area contributed by atoms with Crippen LogP contribution in [0, 0.1) is 5.41 Å². The van der Waals surface area contributed by atoms with Gasteiger partial charge in [-0.15, -0.1) is 0 Å². The first-order valence-electron chi connectivity index (χ1n) is 6.50. The predicted molar refractivity (Wildman–Crippen MR) is 72.8 cm³/mol. The minimum Gasteiger partial charge on any atom is -0.316 e. The molecule has 2 heterocycles. The van der Waals surface area contributed by atoms with E-state index in [9.17, 15) is 4.79 Å². The van der Waals surface area contributed by atoms with Crippen LogP contribution in [0.1, 0.15) is 31.7 Å². The van der Waals surface area contributed by atoms with E-state index in [1.54, 1.807) is 12.4 Å². The molecule has 1 N–H and O–H groups in total. The Labute approximate surface area is 113 Å². The topological polar surface area (TPSA) is 42.0 Å². The highest BCUT2D eigenvalue weighted by Crippen LogP contribution is 2.33. The molecule has 0 saturated carbocycles. The van der Waals surface area contributed by atoms with Crippen molar-refractivity contribution in [3.63, 3.8) is 0 Å². The summed E-state index contributed by atoms with van der Waals surface area (Å²) in [6.45, 7) is 3.88.